The van der Waals surface area contributed by atoms with Crippen LogP contribution in [-0.4, -0.2) is 41.2 Å². The second-order valence-electron chi connectivity index (χ2n) is 5.22. The molecule has 0 saturated carbocycles. The molecule has 1 aromatic carbocycles. The van der Waals surface area contributed by atoms with E-state index in [1.807, 2.05) is 12.1 Å². The van der Waals surface area contributed by atoms with Gasteiger partial charge in [0.05, 0.1) is 12.5 Å². The quantitative estimate of drug-likeness (QED) is 0.585. The molecule has 1 fully saturated rings. The summed E-state index contributed by atoms with van der Waals surface area (Å²) in [4.78, 5) is 27.0. The van der Waals surface area contributed by atoms with Crippen molar-refractivity contribution in [1.82, 2.24) is 9.80 Å². The first-order valence-electron chi connectivity index (χ1n) is 6.48. The van der Waals surface area contributed by atoms with Crippen molar-refractivity contribution in [3.8, 4) is 0 Å². The number of imide groups is 1. The molecule has 0 aliphatic carbocycles. The molecule has 100 valence electrons. The minimum Gasteiger partial charge on any atom is -0.398 e. The number of amides is 2. The summed E-state index contributed by atoms with van der Waals surface area (Å²) in [6.07, 6.45) is 1.17. The Morgan fingerprint density at radius 2 is 2.11 bits per heavy atom. The Labute approximate surface area is 112 Å². The first-order valence-corrected chi connectivity index (χ1v) is 6.48. The van der Waals surface area contributed by atoms with Crippen LogP contribution in [0.3, 0.4) is 0 Å². The highest BCUT2D eigenvalue weighted by molar-refractivity contribution is 6.05. The Balaban J connectivity index is 1.85. The number of carbonyl (C=O) groups is 2. The van der Waals surface area contributed by atoms with E-state index >= 15 is 0 Å². The van der Waals surface area contributed by atoms with Gasteiger partial charge >= 0.3 is 0 Å². The summed E-state index contributed by atoms with van der Waals surface area (Å²) in [5, 5.41) is 0. The molecule has 1 aromatic rings. The van der Waals surface area contributed by atoms with Crippen LogP contribution < -0.4 is 5.73 Å². The SMILES string of the molecule is CN1C(=O)CC(N2CCc3cccc(N)c3C2)C1=O. The zero-order valence-corrected chi connectivity index (χ0v) is 10.9. The fraction of sp³-hybridized carbons (Fsp3) is 0.429. The van der Waals surface area contributed by atoms with Crippen molar-refractivity contribution >= 4 is 17.5 Å². The molecule has 2 heterocycles. The lowest BCUT2D eigenvalue weighted by molar-refractivity contribution is -0.138. The van der Waals surface area contributed by atoms with Gasteiger partial charge in [-0.25, -0.2) is 0 Å². The maximum absolute atomic E-state index is 12.0. The molecule has 2 aliphatic rings. The third-order valence-corrected chi connectivity index (χ3v) is 4.14. The Morgan fingerprint density at radius 1 is 1.32 bits per heavy atom. The number of hydrogen-bond acceptors (Lipinski definition) is 4. The van der Waals surface area contributed by atoms with Gasteiger partial charge in [-0.15, -0.1) is 0 Å². The lowest BCUT2D eigenvalue weighted by Crippen LogP contribution is -2.43. The molecule has 1 unspecified atom stereocenters. The zero-order valence-electron chi connectivity index (χ0n) is 10.9. The monoisotopic (exact) mass is 259 g/mol. The van der Waals surface area contributed by atoms with Gasteiger partial charge < -0.3 is 5.73 Å². The molecule has 0 radical (unpaired) electrons. The minimum absolute atomic E-state index is 0.0945. The highest BCUT2D eigenvalue weighted by atomic mass is 16.2. The van der Waals surface area contributed by atoms with E-state index in [4.69, 9.17) is 5.73 Å². The molecule has 5 nitrogen and oxygen atoms in total. The number of likely N-dealkylation sites (tertiary alicyclic amines) is 1. The number of hydrogen-bond donors (Lipinski definition) is 1. The van der Waals surface area contributed by atoms with Crippen molar-refractivity contribution in [2.75, 3.05) is 19.3 Å². The molecule has 1 saturated heterocycles. The van der Waals surface area contributed by atoms with Crippen LogP contribution in [0.4, 0.5) is 5.69 Å². The molecule has 0 spiro atoms. The summed E-state index contributed by atoms with van der Waals surface area (Å²) in [6.45, 7) is 1.45. The number of likely N-dealkylation sites (N-methyl/N-ethyl adjacent to an activating group) is 1. The van der Waals surface area contributed by atoms with E-state index in [1.165, 1.54) is 10.5 Å². The Morgan fingerprint density at radius 3 is 2.79 bits per heavy atom. The lowest BCUT2D eigenvalue weighted by atomic mass is 9.96. The lowest BCUT2D eigenvalue weighted by Gasteiger charge is -2.32. The number of nitrogen functional groups attached to an aromatic ring is 1. The molecule has 2 N–H and O–H groups in total. The molecule has 0 aromatic heterocycles. The summed E-state index contributed by atoms with van der Waals surface area (Å²) in [5.74, 6) is -0.190. The third-order valence-electron chi connectivity index (χ3n) is 4.14. The average Bonchev–Trinajstić information content (AvgIpc) is 2.67. The first kappa shape index (κ1) is 12.2. The maximum atomic E-state index is 12.0. The van der Waals surface area contributed by atoms with E-state index in [9.17, 15) is 9.59 Å². The van der Waals surface area contributed by atoms with Crippen molar-refractivity contribution in [2.45, 2.75) is 25.4 Å². The van der Waals surface area contributed by atoms with Gasteiger partial charge in [-0.1, -0.05) is 12.1 Å². The van der Waals surface area contributed by atoms with Crippen LogP contribution >= 0.6 is 0 Å². The molecule has 5 heteroatoms. The molecule has 2 aliphatic heterocycles. The van der Waals surface area contributed by atoms with Crippen molar-refractivity contribution in [3.05, 3.63) is 29.3 Å². The second kappa shape index (κ2) is 4.35. The van der Waals surface area contributed by atoms with E-state index in [0.717, 1.165) is 24.2 Å². The number of nitrogens with zero attached hydrogens (tertiary/aromatic N) is 2. The van der Waals surface area contributed by atoms with Gasteiger partial charge in [0.1, 0.15) is 0 Å². The number of benzene rings is 1. The van der Waals surface area contributed by atoms with Crippen molar-refractivity contribution < 1.29 is 9.59 Å². The molecule has 0 bridgehead atoms. The van der Waals surface area contributed by atoms with Gasteiger partial charge in [0.2, 0.25) is 11.8 Å². The predicted octanol–water partition coefficient (Wildman–Crippen LogP) is 0.384. The third kappa shape index (κ3) is 1.90. The molecular formula is C14H17N3O2. The second-order valence-corrected chi connectivity index (χ2v) is 5.22. The average molecular weight is 259 g/mol. The van der Waals surface area contributed by atoms with E-state index < -0.39 is 0 Å². The first-order chi connectivity index (χ1) is 9.08. The fourth-order valence-corrected chi connectivity index (χ4v) is 2.92. The van der Waals surface area contributed by atoms with Gasteiger partial charge in [-0.3, -0.25) is 19.4 Å². The van der Waals surface area contributed by atoms with E-state index in [0.29, 0.717) is 6.54 Å². The highest BCUT2D eigenvalue weighted by Crippen LogP contribution is 2.28. The Kier molecular flexibility index (Phi) is 2.78. The predicted molar refractivity (Wildman–Crippen MR) is 71.2 cm³/mol. The van der Waals surface area contributed by atoms with E-state index in [2.05, 4.69) is 11.0 Å². The van der Waals surface area contributed by atoms with Crippen LogP contribution in [0.15, 0.2) is 18.2 Å². The summed E-state index contributed by atoms with van der Waals surface area (Å²) < 4.78 is 0. The van der Waals surface area contributed by atoms with Crippen LogP contribution in [0, 0.1) is 0 Å². The fourth-order valence-electron chi connectivity index (χ4n) is 2.92. The Hall–Kier alpha value is -1.88. The van der Waals surface area contributed by atoms with Crippen molar-refractivity contribution in [3.63, 3.8) is 0 Å². The highest BCUT2D eigenvalue weighted by Gasteiger charge is 2.40. The minimum atomic E-state index is -0.315. The number of fused-ring (bicyclic) bond motifs is 1. The van der Waals surface area contributed by atoms with Crippen LogP contribution in [0.25, 0.3) is 0 Å². The largest absolute Gasteiger partial charge is 0.398 e. The van der Waals surface area contributed by atoms with E-state index in [-0.39, 0.29) is 24.3 Å². The van der Waals surface area contributed by atoms with Gasteiger partial charge in [0.15, 0.2) is 0 Å². The Bertz CT molecular complexity index is 556. The van der Waals surface area contributed by atoms with Gasteiger partial charge in [0, 0.05) is 25.8 Å². The van der Waals surface area contributed by atoms with Crippen LogP contribution in [0.5, 0.6) is 0 Å². The molecular weight excluding hydrogens is 242 g/mol. The summed E-state index contributed by atoms with van der Waals surface area (Å²) in [6, 6.07) is 5.61. The smallest absolute Gasteiger partial charge is 0.246 e. The van der Waals surface area contributed by atoms with Crippen molar-refractivity contribution in [1.29, 1.82) is 0 Å². The van der Waals surface area contributed by atoms with Crippen LogP contribution in [0.1, 0.15) is 17.5 Å². The van der Waals surface area contributed by atoms with Crippen LogP contribution in [-0.2, 0) is 22.6 Å². The van der Waals surface area contributed by atoms with E-state index in [1.54, 1.807) is 7.05 Å². The van der Waals surface area contributed by atoms with Gasteiger partial charge in [-0.2, -0.15) is 0 Å². The van der Waals surface area contributed by atoms with Gasteiger partial charge in [0.25, 0.3) is 0 Å². The maximum Gasteiger partial charge on any atom is 0.246 e. The standard InChI is InChI=1S/C14H17N3O2/c1-16-13(18)7-12(14(16)19)17-6-5-9-3-2-4-11(15)10(9)8-17/h2-4,12H,5-8,15H2,1H3. The molecule has 19 heavy (non-hydrogen) atoms. The van der Waals surface area contributed by atoms with Crippen molar-refractivity contribution in [2.24, 2.45) is 0 Å². The molecule has 3 rings (SSSR count). The van der Waals surface area contributed by atoms with Gasteiger partial charge in [-0.05, 0) is 23.6 Å². The zero-order chi connectivity index (χ0) is 13.6. The van der Waals surface area contributed by atoms with Crippen LogP contribution in [0.2, 0.25) is 0 Å². The number of anilines is 1. The normalized spacial score (nSPS) is 23.8. The number of carbonyl (C=O) groups excluding carboxylic acids is 2. The number of rotatable bonds is 1. The number of nitrogens with two attached hydrogens (primary N) is 1. The summed E-state index contributed by atoms with van der Waals surface area (Å²) in [5.41, 5.74) is 9.13. The summed E-state index contributed by atoms with van der Waals surface area (Å²) in [7, 11) is 1.55. The topological polar surface area (TPSA) is 66.6 Å². The molecule has 1 atom stereocenters. The molecule has 2 amide bonds. The summed E-state index contributed by atoms with van der Waals surface area (Å²) >= 11 is 0.